The minimum Gasteiger partial charge on any atom is -0.421 e. The van der Waals surface area contributed by atoms with Gasteiger partial charge < -0.3 is 9.22 Å². The summed E-state index contributed by atoms with van der Waals surface area (Å²) in [5.41, 5.74) is 0.561. The Morgan fingerprint density at radius 2 is 1.86 bits per heavy atom. The fraction of sp³-hybridized carbons (Fsp3) is 0.269. The maximum atomic E-state index is 14.2. The first-order valence-electron chi connectivity index (χ1n) is 11.4. The molecule has 0 spiro atoms. The van der Waals surface area contributed by atoms with Crippen molar-refractivity contribution in [1.82, 2.24) is 19.7 Å². The summed E-state index contributed by atoms with van der Waals surface area (Å²) in [5, 5.41) is 2.92. The summed E-state index contributed by atoms with van der Waals surface area (Å²) < 4.78 is 36.3. The number of halogens is 2. The number of ether oxygens (including phenoxy) is 1. The third kappa shape index (κ3) is 4.35. The second-order valence-corrected chi connectivity index (χ2v) is 9.53. The number of H-pyrrole nitrogens is 1. The average Bonchev–Trinajstić information content (AvgIpc) is 3.28. The van der Waals surface area contributed by atoms with Crippen molar-refractivity contribution in [3.05, 3.63) is 106 Å². The Bertz CT molecular complexity index is 1400. The fourth-order valence-electron chi connectivity index (χ4n) is 5.02. The molecule has 0 amide bonds. The van der Waals surface area contributed by atoms with Crippen LogP contribution in [-0.4, -0.2) is 51.4 Å². The molecule has 1 aliphatic heterocycles. The molecule has 5 rings (SSSR count). The third-order valence-electron chi connectivity index (χ3n) is 6.78. The molecule has 4 aromatic rings. The molecular weight excluding hydrogens is 452 g/mol. The quantitative estimate of drug-likeness (QED) is 0.440. The number of piperidine rings is 1. The van der Waals surface area contributed by atoms with E-state index in [0.29, 0.717) is 23.1 Å². The average molecular weight is 479 g/mol. The predicted octanol–water partition coefficient (Wildman–Crippen LogP) is 4.04. The van der Waals surface area contributed by atoms with Crippen molar-refractivity contribution in [2.75, 3.05) is 27.2 Å². The van der Waals surface area contributed by atoms with E-state index in [0.717, 1.165) is 12.1 Å². The van der Waals surface area contributed by atoms with Gasteiger partial charge in [0.1, 0.15) is 11.4 Å². The predicted molar refractivity (Wildman–Crippen MR) is 126 cm³/mol. The van der Waals surface area contributed by atoms with Crippen molar-refractivity contribution >= 4 is 0 Å². The van der Waals surface area contributed by atoms with Gasteiger partial charge in [0.25, 0.3) is 5.56 Å². The van der Waals surface area contributed by atoms with Gasteiger partial charge in [-0.05, 0) is 35.9 Å². The van der Waals surface area contributed by atoms with Crippen molar-refractivity contribution in [3.63, 3.8) is 0 Å². The minimum atomic E-state index is -0.742. The summed E-state index contributed by atoms with van der Waals surface area (Å²) in [7, 11) is 4.27. The van der Waals surface area contributed by atoms with Crippen LogP contribution in [0.15, 0.2) is 77.9 Å². The molecule has 0 aliphatic carbocycles. The first-order chi connectivity index (χ1) is 16.8. The zero-order chi connectivity index (χ0) is 24.6. The first kappa shape index (κ1) is 22.9. The van der Waals surface area contributed by atoms with Crippen LogP contribution in [0.25, 0.3) is 0 Å². The first-order valence-corrected chi connectivity index (χ1v) is 11.4. The molecule has 7 nitrogen and oxygen atoms in total. The molecule has 2 aromatic heterocycles. The van der Waals surface area contributed by atoms with Gasteiger partial charge in [-0.15, -0.1) is 0 Å². The normalized spacial score (nSPS) is 21.5. The molecule has 2 aromatic carbocycles. The molecule has 1 saturated heterocycles. The second kappa shape index (κ2) is 8.74. The van der Waals surface area contributed by atoms with Gasteiger partial charge in [0.2, 0.25) is 0 Å². The van der Waals surface area contributed by atoms with Crippen molar-refractivity contribution in [2.24, 2.45) is 0 Å². The summed E-state index contributed by atoms with van der Waals surface area (Å²) in [6, 6.07) is 15.7. The van der Waals surface area contributed by atoms with Crippen molar-refractivity contribution < 1.29 is 18.0 Å². The molecule has 9 heteroatoms. The number of benzene rings is 2. The highest BCUT2D eigenvalue weighted by atomic mass is 19.1. The van der Waals surface area contributed by atoms with Crippen LogP contribution in [0.1, 0.15) is 23.6 Å². The molecular formula is C26H26F2N5O2+. The number of hydrogen-bond acceptors (Lipinski definition) is 4. The summed E-state index contributed by atoms with van der Waals surface area (Å²) in [6.45, 7) is 1.49. The van der Waals surface area contributed by atoms with Crippen molar-refractivity contribution in [1.29, 1.82) is 0 Å². The van der Waals surface area contributed by atoms with Gasteiger partial charge in [0.05, 0.1) is 38.8 Å². The lowest BCUT2D eigenvalue weighted by Gasteiger charge is -2.50. The van der Waals surface area contributed by atoms with Crippen LogP contribution in [0, 0.1) is 11.6 Å². The number of hydrogen-bond donors (Lipinski definition) is 1. The zero-order valence-corrected chi connectivity index (χ0v) is 19.5. The van der Waals surface area contributed by atoms with E-state index in [9.17, 15) is 13.6 Å². The van der Waals surface area contributed by atoms with Crippen LogP contribution >= 0.6 is 0 Å². The van der Waals surface area contributed by atoms with Gasteiger partial charge in [-0.25, -0.2) is 13.8 Å². The van der Waals surface area contributed by atoms with E-state index in [2.05, 4.69) is 29.2 Å². The van der Waals surface area contributed by atoms with E-state index in [1.54, 1.807) is 36.7 Å². The van der Waals surface area contributed by atoms with E-state index >= 15 is 0 Å². The van der Waals surface area contributed by atoms with Gasteiger partial charge in [-0.3, -0.25) is 14.6 Å². The van der Waals surface area contributed by atoms with E-state index in [1.165, 1.54) is 30.3 Å². The highest BCUT2D eigenvalue weighted by Gasteiger charge is 2.51. The third-order valence-corrected chi connectivity index (χ3v) is 6.78. The maximum Gasteiger partial charge on any atom is 0.322 e. The molecule has 180 valence electrons. The Hall–Kier alpha value is -3.85. The summed E-state index contributed by atoms with van der Waals surface area (Å²) in [5.74, 6) is -1.06. The lowest BCUT2D eigenvalue weighted by molar-refractivity contribution is -0.898. The van der Waals surface area contributed by atoms with E-state index < -0.39 is 11.4 Å². The minimum absolute atomic E-state index is 0.0254. The lowest BCUT2D eigenvalue weighted by Crippen LogP contribution is -2.58. The maximum absolute atomic E-state index is 14.2. The lowest BCUT2D eigenvalue weighted by atomic mass is 9.70. The van der Waals surface area contributed by atoms with Crippen LogP contribution < -0.4 is 10.3 Å². The molecule has 35 heavy (non-hydrogen) atoms. The number of nitrogens with one attached hydrogen (secondary N) is 1. The van der Waals surface area contributed by atoms with Gasteiger partial charge in [-0.2, -0.15) is 4.98 Å². The standard InChI is InChI=1S/C26H25F2N5O2/c1-33(2)16-13-26(32-15-12-24(34)31-32,18-7-9-19(27)10-8-18)20(17-33)22-11-14-29-25(30-22)35-23-6-4-3-5-21(23)28/h3-12,14-15,20H,13,16-17H2,1-2H3/p+1. The molecule has 2 atom stereocenters. The Kier molecular flexibility index (Phi) is 5.72. The van der Waals surface area contributed by atoms with Crippen molar-refractivity contribution in [3.8, 4) is 11.8 Å². The monoisotopic (exact) mass is 478 g/mol. The number of para-hydroxylation sites is 1. The number of aromatic nitrogens is 4. The molecule has 2 unspecified atom stereocenters. The summed E-state index contributed by atoms with van der Waals surface area (Å²) in [6.07, 6.45) is 3.97. The van der Waals surface area contributed by atoms with Crippen LogP contribution in [0.5, 0.6) is 11.8 Å². The second-order valence-electron chi connectivity index (χ2n) is 9.53. The number of quaternary nitrogens is 1. The molecule has 0 radical (unpaired) electrons. The molecule has 1 aliphatic rings. The fourth-order valence-corrected chi connectivity index (χ4v) is 5.02. The van der Waals surface area contributed by atoms with Crippen LogP contribution in [-0.2, 0) is 5.54 Å². The molecule has 1 fully saturated rings. The van der Waals surface area contributed by atoms with E-state index in [1.807, 2.05) is 10.7 Å². The van der Waals surface area contributed by atoms with Gasteiger partial charge >= 0.3 is 6.01 Å². The number of nitrogens with zero attached hydrogens (tertiary/aromatic N) is 4. The van der Waals surface area contributed by atoms with E-state index in [-0.39, 0.29) is 29.1 Å². The highest BCUT2D eigenvalue weighted by Crippen LogP contribution is 2.47. The summed E-state index contributed by atoms with van der Waals surface area (Å²) >= 11 is 0. The number of likely N-dealkylation sites (tertiary alicyclic amines) is 1. The number of aromatic amines is 1. The van der Waals surface area contributed by atoms with Crippen LogP contribution in [0.2, 0.25) is 0 Å². The highest BCUT2D eigenvalue weighted by molar-refractivity contribution is 5.34. The molecule has 0 saturated carbocycles. The van der Waals surface area contributed by atoms with Gasteiger partial charge in [0.15, 0.2) is 11.6 Å². The largest absolute Gasteiger partial charge is 0.421 e. The smallest absolute Gasteiger partial charge is 0.322 e. The number of likely N-dealkylation sites (N-methyl/N-ethyl adjacent to an activating group) is 1. The Morgan fingerprint density at radius 3 is 2.57 bits per heavy atom. The molecule has 1 N–H and O–H groups in total. The molecule has 3 heterocycles. The zero-order valence-electron chi connectivity index (χ0n) is 19.5. The van der Waals surface area contributed by atoms with Gasteiger partial charge in [0, 0.05) is 24.9 Å². The Morgan fingerprint density at radius 1 is 1.09 bits per heavy atom. The SMILES string of the molecule is C[N+]1(C)CCC(c2ccc(F)cc2)(n2ccc(=O)[nH]2)C(c2ccnc(Oc3ccccc3F)n2)C1. The van der Waals surface area contributed by atoms with Crippen molar-refractivity contribution in [2.45, 2.75) is 17.9 Å². The van der Waals surface area contributed by atoms with Crippen LogP contribution in [0.4, 0.5) is 8.78 Å². The Balaban J connectivity index is 1.66. The van der Waals surface area contributed by atoms with E-state index in [4.69, 9.17) is 4.74 Å². The summed E-state index contributed by atoms with van der Waals surface area (Å²) in [4.78, 5) is 21.1. The van der Waals surface area contributed by atoms with Crippen LogP contribution in [0.3, 0.4) is 0 Å². The Labute approximate surface area is 201 Å². The molecule has 0 bridgehead atoms. The number of rotatable bonds is 5. The topological polar surface area (TPSA) is 72.8 Å². The van der Waals surface area contributed by atoms with Gasteiger partial charge in [-0.1, -0.05) is 24.3 Å².